The number of ether oxygens (including phenoxy) is 1. The minimum atomic E-state index is -0.377. The molecule has 0 radical (unpaired) electrons. The monoisotopic (exact) mass is 510 g/mol. The normalized spacial score (nSPS) is 10.7. The first-order valence-corrected chi connectivity index (χ1v) is 13.3. The third kappa shape index (κ3) is 6.92. The van der Waals surface area contributed by atoms with Crippen LogP contribution < -0.4 is 9.20 Å². The van der Waals surface area contributed by atoms with Crippen molar-refractivity contribution in [3.05, 3.63) is 150 Å². The Bertz CT molecular complexity index is 1190. The summed E-state index contributed by atoms with van der Waals surface area (Å²) in [6.07, 6.45) is 4.34. The number of rotatable bonds is 9. The molecule has 0 atom stereocenters. The van der Waals surface area contributed by atoms with Crippen molar-refractivity contribution < 1.29 is 9.53 Å². The Kier molecular flexibility index (Phi) is 8.68. The molecule has 3 heteroatoms. The van der Waals surface area contributed by atoms with E-state index in [-0.39, 0.29) is 5.97 Å². The van der Waals surface area contributed by atoms with Crippen LogP contribution >= 0.6 is 0 Å². The molecule has 0 fully saturated rings. The van der Waals surface area contributed by atoms with Crippen molar-refractivity contribution in [2.45, 2.75) is 11.7 Å². The molecule has 0 heterocycles. The van der Waals surface area contributed by atoms with E-state index in [2.05, 4.69) is 78.9 Å². The van der Waals surface area contributed by atoms with E-state index in [4.69, 9.17) is 4.74 Å². The maximum atomic E-state index is 12.6. The molecular weight excluding hydrogens is 483 g/mol. The van der Waals surface area contributed by atoms with Crippen molar-refractivity contribution in [1.29, 1.82) is 0 Å². The molecule has 0 bridgehead atoms. The predicted octanol–water partition coefficient (Wildman–Crippen LogP) is 6.49. The molecule has 0 amide bonds. The molecule has 34 heavy (non-hydrogen) atoms. The number of hydrogen-bond acceptors (Lipinski definition) is 2. The minimum absolute atomic E-state index is 0.351. The van der Waals surface area contributed by atoms with E-state index in [1.165, 1.54) is 4.46 Å². The van der Waals surface area contributed by atoms with E-state index in [0.29, 0.717) is 20.7 Å². The van der Waals surface area contributed by atoms with Crippen molar-refractivity contribution in [2.24, 2.45) is 0 Å². The quantitative estimate of drug-likeness (QED) is 0.0848. The first-order chi connectivity index (χ1) is 16.8. The predicted molar refractivity (Wildman–Crippen MR) is 141 cm³/mol. The Labute approximate surface area is 207 Å². The van der Waals surface area contributed by atoms with Crippen molar-refractivity contribution in [3.63, 3.8) is 0 Å². The standard InChI is InChI=1S/C31H26O2Se/c32-30(33-28-17-9-3-10-18-28)22-21-27(23-24-34-29-19-11-4-12-20-29)31(25-13-5-1-6-14-25)26-15-7-2-8-16-26/h1-22H,23-24H2/b22-21+. The Balaban J connectivity index is 1.66. The average molecular weight is 510 g/mol. The number of hydrogen-bond donors (Lipinski definition) is 0. The van der Waals surface area contributed by atoms with Gasteiger partial charge in [-0.25, -0.2) is 0 Å². The third-order valence-electron chi connectivity index (χ3n) is 5.21. The van der Waals surface area contributed by atoms with E-state index in [1.807, 2.05) is 36.4 Å². The molecule has 0 spiro atoms. The number of benzene rings is 4. The van der Waals surface area contributed by atoms with Gasteiger partial charge in [0.25, 0.3) is 0 Å². The van der Waals surface area contributed by atoms with Gasteiger partial charge in [-0.1, -0.05) is 0 Å². The number of carbonyl (C=O) groups is 1. The second-order valence-electron chi connectivity index (χ2n) is 7.61. The summed E-state index contributed by atoms with van der Waals surface area (Å²) >= 11 is 0.351. The topological polar surface area (TPSA) is 26.3 Å². The summed E-state index contributed by atoms with van der Waals surface area (Å²) in [7, 11) is 0. The van der Waals surface area contributed by atoms with Gasteiger partial charge in [-0.2, -0.15) is 0 Å². The van der Waals surface area contributed by atoms with Crippen LogP contribution in [-0.2, 0) is 4.79 Å². The molecule has 4 aromatic rings. The zero-order valence-corrected chi connectivity index (χ0v) is 20.6. The number of esters is 1. The van der Waals surface area contributed by atoms with Gasteiger partial charge in [0.1, 0.15) is 0 Å². The molecule has 0 N–H and O–H groups in total. The van der Waals surface area contributed by atoms with E-state index in [1.54, 1.807) is 18.2 Å². The second kappa shape index (κ2) is 12.6. The van der Waals surface area contributed by atoms with Gasteiger partial charge < -0.3 is 0 Å². The van der Waals surface area contributed by atoms with Crippen LogP contribution in [0, 0.1) is 0 Å². The fourth-order valence-electron chi connectivity index (χ4n) is 3.64. The van der Waals surface area contributed by atoms with Crippen LogP contribution in [0.1, 0.15) is 17.5 Å². The van der Waals surface area contributed by atoms with Gasteiger partial charge in [-0.15, -0.1) is 0 Å². The summed E-state index contributed by atoms with van der Waals surface area (Å²) < 4.78 is 6.86. The van der Waals surface area contributed by atoms with Gasteiger partial charge in [0, 0.05) is 0 Å². The summed E-state index contributed by atoms with van der Waals surface area (Å²) in [4.78, 5) is 12.6. The summed E-state index contributed by atoms with van der Waals surface area (Å²) in [6.45, 7) is 0. The molecule has 2 nitrogen and oxygen atoms in total. The molecule has 0 aliphatic rings. The van der Waals surface area contributed by atoms with Crippen LogP contribution in [0.5, 0.6) is 5.75 Å². The molecule has 4 aromatic carbocycles. The van der Waals surface area contributed by atoms with Crippen molar-refractivity contribution >= 4 is 31.0 Å². The summed E-state index contributed by atoms with van der Waals surface area (Å²) in [5.41, 5.74) is 4.54. The van der Waals surface area contributed by atoms with E-state index in [0.717, 1.165) is 34.0 Å². The Morgan fingerprint density at radius 1 is 0.647 bits per heavy atom. The van der Waals surface area contributed by atoms with Crippen molar-refractivity contribution in [3.8, 4) is 5.75 Å². The van der Waals surface area contributed by atoms with E-state index >= 15 is 0 Å². The number of allylic oxidation sites excluding steroid dienone is 2. The van der Waals surface area contributed by atoms with Gasteiger partial charge in [-0.3, -0.25) is 0 Å². The molecule has 0 unspecified atom stereocenters. The van der Waals surface area contributed by atoms with Crippen LogP contribution in [0.2, 0.25) is 5.32 Å². The molecule has 0 aliphatic heterocycles. The Morgan fingerprint density at radius 3 is 1.71 bits per heavy atom. The van der Waals surface area contributed by atoms with Crippen molar-refractivity contribution in [2.75, 3.05) is 0 Å². The zero-order chi connectivity index (χ0) is 23.4. The molecule has 0 saturated carbocycles. The van der Waals surface area contributed by atoms with Crippen LogP contribution in [0.15, 0.2) is 139 Å². The first-order valence-electron chi connectivity index (χ1n) is 11.3. The van der Waals surface area contributed by atoms with E-state index < -0.39 is 0 Å². The van der Waals surface area contributed by atoms with Gasteiger partial charge >= 0.3 is 208 Å². The Morgan fingerprint density at radius 2 is 1.15 bits per heavy atom. The average Bonchev–Trinajstić information content (AvgIpc) is 2.89. The molecule has 0 aromatic heterocycles. The summed E-state index contributed by atoms with van der Waals surface area (Å²) in [5.74, 6) is 0.166. The van der Waals surface area contributed by atoms with Gasteiger partial charge in [-0.05, 0) is 0 Å². The molecule has 0 aliphatic carbocycles. The maximum absolute atomic E-state index is 12.6. The number of para-hydroxylation sites is 1. The zero-order valence-electron chi connectivity index (χ0n) is 18.8. The fraction of sp³-hybridized carbons (Fsp3) is 0.0645. The van der Waals surface area contributed by atoms with Crippen molar-refractivity contribution in [1.82, 2.24) is 0 Å². The van der Waals surface area contributed by atoms with Crippen LogP contribution in [-0.4, -0.2) is 20.9 Å². The molecular formula is C31H26O2Se. The SMILES string of the molecule is O=C(/C=C/C(CC[Se]c1ccccc1)=C(c1ccccc1)c1ccccc1)Oc1ccccc1. The fourth-order valence-corrected chi connectivity index (χ4v) is 5.55. The molecule has 168 valence electrons. The van der Waals surface area contributed by atoms with Crippen LogP contribution in [0.25, 0.3) is 5.57 Å². The van der Waals surface area contributed by atoms with Crippen LogP contribution in [0.4, 0.5) is 0 Å². The summed E-state index contributed by atoms with van der Waals surface area (Å²) in [6, 6.07) is 40.5. The third-order valence-corrected chi connectivity index (χ3v) is 7.34. The Hall–Kier alpha value is -3.65. The van der Waals surface area contributed by atoms with Gasteiger partial charge in [0.2, 0.25) is 0 Å². The molecule has 4 rings (SSSR count). The van der Waals surface area contributed by atoms with Gasteiger partial charge in [0.15, 0.2) is 0 Å². The van der Waals surface area contributed by atoms with E-state index in [9.17, 15) is 4.79 Å². The second-order valence-corrected chi connectivity index (χ2v) is 10.1. The number of carbonyl (C=O) groups excluding carboxylic acids is 1. The van der Waals surface area contributed by atoms with Crippen LogP contribution in [0.3, 0.4) is 0 Å². The molecule has 0 saturated heterocycles. The summed E-state index contributed by atoms with van der Waals surface area (Å²) in [5, 5.41) is 1.04. The first kappa shape index (κ1) is 23.5. The van der Waals surface area contributed by atoms with Gasteiger partial charge in [0.05, 0.1) is 0 Å².